The minimum atomic E-state index is -0.736. The first-order chi connectivity index (χ1) is 9.95. The summed E-state index contributed by atoms with van der Waals surface area (Å²) < 4.78 is 5.11. The van der Waals surface area contributed by atoms with Gasteiger partial charge in [-0.1, -0.05) is 13.8 Å². The van der Waals surface area contributed by atoms with Crippen LogP contribution >= 0.6 is 0 Å². The van der Waals surface area contributed by atoms with Crippen molar-refractivity contribution in [2.75, 3.05) is 13.2 Å². The minimum Gasteiger partial charge on any atom is -0.389 e. The van der Waals surface area contributed by atoms with Gasteiger partial charge in [0, 0.05) is 12.3 Å². The molecule has 0 bridgehead atoms. The number of aromatic amines is 1. The van der Waals surface area contributed by atoms with E-state index >= 15 is 0 Å². The summed E-state index contributed by atoms with van der Waals surface area (Å²) in [5, 5.41) is 12.5. The highest BCUT2D eigenvalue weighted by Crippen LogP contribution is 2.09. The summed E-state index contributed by atoms with van der Waals surface area (Å²) in [6.45, 7) is 4.74. The molecule has 0 aliphatic carbocycles. The summed E-state index contributed by atoms with van der Waals surface area (Å²) in [4.78, 5) is 30.0. The lowest BCUT2D eigenvalue weighted by Gasteiger charge is -2.28. The van der Waals surface area contributed by atoms with Crippen LogP contribution in [0, 0.1) is 5.92 Å². The Bertz CT molecular complexity index is 555. The van der Waals surface area contributed by atoms with Gasteiger partial charge in [0.15, 0.2) is 0 Å². The van der Waals surface area contributed by atoms with Crippen LogP contribution in [0.2, 0.25) is 0 Å². The van der Waals surface area contributed by atoms with Gasteiger partial charge in [0.25, 0.3) is 5.91 Å². The molecule has 1 amide bonds. The molecule has 1 aromatic heterocycles. The third kappa shape index (κ3) is 4.37. The number of nitrogens with zero attached hydrogens (tertiary/aromatic N) is 1. The van der Waals surface area contributed by atoms with Gasteiger partial charge in [-0.15, -0.1) is 0 Å². The van der Waals surface area contributed by atoms with E-state index in [2.05, 4.69) is 15.3 Å². The van der Waals surface area contributed by atoms with Crippen LogP contribution in [-0.4, -0.2) is 46.3 Å². The summed E-state index contributed by atoms with van der Waals surface area (Å²) in [7, 11) is 0. The Morgan fingerprint density at radius 2 is 2.38 bits per heavy atom. The van der Waals surface area contributed by atoms with Gasteiger partial charge in [-0.3, -0.25) is 4.79 Å². The van der Waals surface area contributed by atoms with E-state index in [-0.39, 0.29) is 18.3 Å². The average Bonchev–Trinajstić information content (AvgIpc) is 2.40. The first-order valence-electron chi connectivity index (χ1n) is 7.12. The van der Waals surface area contributed by atoms with Gasteiger partial charge in [0.05, 0.1) is 18.8 Å². The molecule has 116 valence electrons. The number of ether oxygens (including phenoxy) is 1. The monoisotopic (exact) mass is 295 g/mol. The summed E-state index contributed by atoms with van der Waals surface area (Å²) in [5.74, 6) is -0.0895. The molecule has 7 heteroatoms. The van der Waals surface area contributed by atoms with Gasteiger partial charge in [0.1, 0.15) is 5.69 Å². The van der Waals surface area contributed by atoms with Crippen molar-refractivity contribution in [2.45, 2.75) is 38.8 Å². The third-order valence-electron chi connectivity index (χ3n) is 3.30. The van der Waals surface area contributed by atoms with E-state index in [1.165, 1.54) is 0 Å². The van der Waals surface area contributed by atoms with Crippen molar-refractivity contribution >= 4 is 5.91 Å². The Balaban J connectivity index is 2.11. The third-order valence-corrected chi connectivity index (χ3v) is 3.30. The molecule has 3 N–H and O–H groups in total. The molecule has 0 radical (unpaired) electrons. The molecule has 1 aliphatic heterocycles. The van der Waals surface area contributed by atoms with Crippen molar-refractivity contribution in [3.8, 4) is 0 Å². The van der Waals surface area contributed by atoms with E-state index in [1.807, 2.05) is 13.8 Å². The molecule has 1 aliphatic rings. The number of aromatic nitrogens is 2. The maximum Gasteiger partial charge on any atom is 0.345 e. The molecular weight excluding hydrogens is 274 g/mol. The molecule has 0 aromatic carbocycles. The lowest BCUT2D eigenvalue weighted by Crippen LogP contribution is -2.49. The Kier molecular flexibility index (Phi) is 5.08. The number of hydrogen-bond donors (Lipinski definition) is 3. The summed E-state index contributed by atoms with van der Waals surface area (Å²) in [6, 6.07) is 1.21. The van der Waals surface area contributed by atoms with Crippen molar-refractivity contribution in [3.05, 3.63) is 27.9 Å². The second-order valence-electron chi connectivity index (χ2n) is 5.71. The van der Waals surface area contributed by atoms with Crippen LogP contribution in [-0.2, 0) is 11.2 Å². The van der Waals surface area contributed by atoms with Crippen LogP contribution in [0.5, 0.6) is 0 Å². The van der Waals surface area contributed by atoms with Crippen molar-refractivity contribution in [1.82, 2.24) is 15.3 Å². The van der Waals surface area contributed by atoms with Gasteiger partial charge < -0.3 is 20.1 Å². The molecule has 2 heterocycles. The van der Waals surface area contributed by atoms with Crippen molar-refractivity contribution < 1.29 is 14.6 Å². The van der Waals surface area contributed by atoms with E-state index in [4.69, 9.17) is 4.74 Å². The minimum absolute atomic E-state index is 0.0769. The Labute approximate surface area is 122 Å². The molecule has 1 aromatic rings. The molecule has 2 atom stereocenters. The lowest BCUT2D eigenvalue weighted by molar-refractivity contribution is -0.0261. The highest BCUT2D eigenvalue weighted by atomic mass is 16.5. The molecule has 21 heavy (non-hydrogen) atoms. The number of hydrogen-bond acceptors (Lipinski definition) is 5. The SMILES string of the molecule is CC(C)Cc1cc(C(=O)N[C@@H]2CCOC[C@H]2O)nc(=O)[nH]1. The summed E-state index contributed by atoms with van der Waals surface area (Å²) in [5.41, 5.74) is 0.224. The molecule has 0 spiro atoms. The Hall–Kier alpha value is -1.73. The largest absolute Gasteiger partial charge is 0.389 e. The van der Waals surface area contributed by atoms with Gasteiger partial charge in [-0.2, -0.15) is 4.98 Å². The van der Waals surface area contributed by atoms with Crippen molar-refractivity contribution in [3.63, 3.8) is 0 Å². The van der Waals surface area contributed by atoms with Crippen LogP contribution in [0.25, 0.3) is 0 Å². The second kappa shape index (κ2) is 6.82. The summed E-state index contributed by atoms with van der Waals surface area (Å²) in [6.07, 6.45) is 0.465. The summed E-state index contributed by atoms with van der Waals surface area (Å²) >= 11 is 0. The van der Waals surface area contributed by atoms with Gasteiger partial charge in [0.2, 0.25) is 0 Å². The predicted octanol–water partition coefficient (Wildman–Crippen LogP) is -0.152. The van der Waals surface area contributed by atoms with Crippen molar-refractivity contribution in [2.24, 2.45) is 5.92 Å². The number of rotatable bonds is 4. The second-order valence-corrected chi connectivity index (χ2v) is 5.71. The Morgan fingerprint density at radius 1 is 1.62 bits per heavy atom. The highest BCUT2D eigenvalue weighted by Gasteiger charge is 2.26. The number of aliphatic hydroxyl groups excluding tert-OH is 1. The first kappa shape index (κ1) is 15.7. The zero-order chi connectivity index (χ0) is 15.4. The zero-order valence-electron chi connectivity index (χ0n) is 12.3. The van der Waals surface area contributed by atoms with E-state index in [1.54, 1.807) is 6.07 Å². The van der Waals surface area contributed by atoms with Gasteiger partial charge in [-0.25, -0.2) is 4.79 Å². The molecule has 1 saturated heterocycles. The number of aliphatic hydroxyl groups is 1. The fourth-order valence-electron chi connectivity index (χ4n) is 2.31. The van der Waals surface area contributed by atoms with Crippen LogP contribution < -0.4 is 11.0 Å². The highest BCUT2D eigenvalue weighted by molar-refractivity contribution is 5.92. The quantitative estimate of drug-likeness (QED) is 0.716. The van der Waals surface area contributed by atoms with Crippen LogP contribution in [0.15, 0.2) is 10.9 Å². The number of nitrogens with one attached hydrogen (secondary N) is 2. The van der Waals surface area contributed by atoms with Crippen LogP contribution in [0.3, 0.4) is 0 Å². The first-order valence-corrected chi connectivity index (χ1v) is 7.12. The van der Waals surface area contributed by atoms with E-state index < -0.39 is 17.7 Å². The van der Waals surface area contributed by atoms with E-state index in [0.717, 1.165) is 0 Å². The number of amides is 1. The molecule has 1 fully saturated rings. The Morgan fingerprint density at radius 3 is 3.05 bits per heavy atom. The molecule has 0 saturated carbocycles. The number of carbonyl (C=O) groups is 1. The van der Waals surface area contributed by atoms with Crippen LogP contribution in [0.4, 0.5) is 0 Å². The van der Waals surface area contributed by atoms with Gasteiger partial charge in [-0.05, 0) is 24.8 Å². The zero-order valence-corrected chi connectivity index (χ0v) is 12.3. The number of H-pyrrole nitrogens is 1. The standard InChI is InChI=1S/C14H21N3O4/c1-8(2)5-9-6-11(17-14(20)15-9)13(19)16-10-3-4-21-7-12(10)18/h6,8,10,12,18H,3-5,7H2,1-2H3,(H,16,19)(H,15,17,20)/t10-,12-/m1/s1. The molecule has 0 unspecified atom stereocenters. The van der Waals surface area contributed by atoms with Crippen molar-refractivity contribution in [1.29, 1.82) is 0 Å². The lowest BCUT2D eigenvalue weighted by atomic mass is 10.1. The fourth-order valence-corrected chi connectivity index (χ4v) is 2.31. The maximum absolute atomic E-state index is 12.2. The molecule has 2 rings (SSSR count). The smallest absolute Gasteiger partial charge is 0.345 e. The average molecular weight is 295 g/mol. The maximum atomic E-state index is 12.2. The van der Waals surface area contributed by atoms with E-state index in [9.17, 15) is 14.7 Å². The molecular formula is C14H21N3O4. The molecule has 7 nitrogen and oxygen atoms in total. The fraction of sp³-hybridized carbons (Fsp3) is 0.643. The predicted molar refractivity (Wildman–Crippen MR) is 76.1 cm³/mol. The van der Waals surface area contributed by atoms with Gasteiger partial charge >= 0.3 is 5.69 Å². The normalized spacial score (nSPS) is 22.3. The van der Waals surface area contributed by atoms with Crippen LogP contribution in [0.1, 0.15) is 36.5 Å². The van der Waals surface area contributed by atoms with E-state index in [0.29, 0.717) is 31.1 Å². The topological polar surface area (TPSA) is 104 Å². The number of carbonyl (C=O) groups excluding carboxylic acids is 1.